The molecule has 1 atom stereocenters. The van der Waals surface area contributed by atoms with Gasteiger partial charge in [-0.05, 0) is 55.3 Å². The van der Waals surface area contributed by atoms with Crippen LogP contribution in [0.1, 0.15) is 24.5 Å². The smallest absolute Gasteiger partial charge is 0.264 e. The fourth-order valence-corrected chi connectivity index (χ4v) is 5.45. The van der Waals surface area contributed by atoms with Crippen LogP contribution in [-0.4, -0.2) is 51.9 Å². The summed E-state index contributed by atoms with van der Waals surface area (Å²) < 4.78 is 33.8. The quantitative estimate of drug-likeness (QED) is 0.413. The average molecular weight is 524 g/mol. The lowest BCUT2D eigenvalue weighted by atomic mass is 10.1. The second-order valence-corrected chi connectivity index (χ2v) is 10.4. The van der Waals surface area contributed by atoms with Gasteiger partial charge in [0, 0.05) is 13.6 Å². The third kappa shape index (κ3) is 6.68. The molecule has 8 nitrogen and oxygen atoms in total. The van der Waals surface area contributed by atoms with E-state index in [0.717, 1.165) is 15.4 Å². The molecule has 1 N–H and O–H groups in total. The van der Waals surface area contributed by atoms with Crippen molar-refractivity contribution in [3.8, 4) is 5.75 Å². The molecule has 0 fully saturated rings. The number of ether oxygens (including phenoxy) is 1. The van der Waals surface area contributed by atoms with E-state index in [-0.39, 0.29) is 17.3 Å². The second kappa shape index (κ2) is 12.4. The number of carbonyl (C=O) groups is 2. The molecular formula is C28H33N3O5S. The highest BCUT2D eigenvalue weighted by molar-refractivity contribution is 7.92. The number of methoxy groups -OCH3 is 1. The number of rotatable bonds is 11. The van der Waals surface area contributed by atoms with E-state index in [9.17, 15) is 18.0 Å². The Bertz CT molecular complexity index is 1310. The van der Waals surface area contributed by atoms with Crippen molar-refractivity contribution < 1.29 is 22.7 Å². The summed E-state index contributed by atoms with van der Waals surface area (Å²) in [6.45, 7) is 3.34. The predicted molar refractivity (Wildman–Crippen MR) is 144 cm³/mol. The monoisotopic (exact) mass is 523 g/mol. The van der Waals surface area contributed by atoms with Crippen molar-refractivity contribution in [3.05, 3.63) is 90.0 Å². The number of sulfonamides is 1. The van der Waals surface area contributed by atoms with Crippen LogP contribution >= 0.6 is 0 Å². The van der Waals surface area contributed by atoms with Gasteiger partial charge in [0.1, 0.15) is 18.3 Å². The predicted octanol–water partition coefficient (Wildman–Crippen LogP) is 3.75. The molecule has 0 aromatic heterocycles. The zero-order valence-electron chi connectivity index (χ0n) is 21.5. The van der Waals surface area contributed by atoms with E-state index in [1.54, 1.807) is 67.8 Å². The molecule has 9 heteroatoms. The Morgan fingerprint density at radius 1 is 0.973 bits per heavy atom. The molecule has 3 aromatic rings. The Hall–Kier alpha value is -3.85. The summed E-state index contributed by atoms with van der Waals surface area (Å²) in [7, 11) is -1.01. The van der Waals surface area contributed by atoms with Crippen LogP contribution in [0, 0.1) is 6.92 Å². The first-order valence-corrected chi connectivity index (χ1v) is 13.4. The lowest BCUT2D eigenvalue weighted by molar-refractivity contribution is -0.140. The number of hydrogen-bond donors (Lipinski definition) is 1. The zero-order valence-corrected chi connectivity index (χ0v) is 22.4. The Morgan fingerprint density at radius 2 is 1.65 bits per heavy atom. The van der Waals surface area contributed by atoms with Crippen molar-refractivity contribution in [1.82, 2.24) is 10.2 Å². The molecule has 0 saturated heterocycles. The van der Waals surface area contributed by atoms with Gasteiger partial charge in [0.05, 0.1) is 17.7 Å². The van der Waals surface area contributed by atoms with E-state index in [1.165, 1.54) is 24.1 Å². The number of nitrogens with one attached hydrogen (secondary N) is 1. The molecule has 0 radical (unpaired) electrons. The lowest BCUT2D eigenvalue weighted by Gasteiger charge is -2.33. The minimum absolute atomic E-state index is 0.0704. The molecule has 0 bridgehead atoms. The minimum Gasteiger partial charge on any atom is -0.497 e. The number of likely N-dealkylation sites (N-methyl/N-ethyl adjacent to an activating group) is 1. The first-order valence-electron chi connectivity index (χ1n) is 12.0. The van der Waals surface area contributed by atoms with Crippen molar-refractivity contribution >= 4 is 27.5 Å². The summed E-state index contributed by atoms with van der Waals surface area (Å²) >= 11 is 0. The Morgan fingerprint density at radius 3 is 2.24 bits per heavy atom. The first-order chi connectivity index (χ1) is 17.7. The number of anilines is 1. The fourth-order valence-electron chi connectivity index (χ4n) is 4.01. The fraction of sp³-hybridized carbons (Fsp3) is 0.286. The van der Waals surface area contributed by atoms with Crippen LogP contribution in [0.5, 0.6) is 5.75 Å². The number of hydrogen-bond acceptors (Lipinski definition) is 5. The van der Waals surface area contributed by atoms with E-state index in [2.05, 4.69) is 5.32 Å². The summed E-state index contributed by atoms with van der Waals surface area (Å²) in [6.07, 6.45) is 0.353. The lowest BCUT2D eigenvalue weighted by Crippen LogP contribution is -2.51. The van der Waals surface area contributed by atoms with Crippen LogP contribution in [0.25, 0.3) is 0 Å². The Kier molecular flexibility index (Phi) is 9.30. The van der Waals surface area contributed by atoms with Gasteiger partial charge in [-0.15, -0.1) is 0 Å². The minimum atomic E-state index is -4.07. The molecule has 0 unspecified atom stereocenters. The van der Waals surface area contributed by atoms with Gasteiger partial charge in [-0.25, -0.2) is 8.42 Å². The molecule has 3 rings (SSSR count). The van der Waals surface area contributed by atoms with Crippen molar-refractivity contribution in [1.29, 1.82) is 0 Å². The maximum atomic E-state index is 13.9. The summed E-state index contributed by atoms with van der Waals surface area (Å²) in [4.78, 5) is 28.1. The Balaban J connectivity index is 2.04. The summed E-state index contributed by atoms with van der Waals surface area (Å²) in [6, 6.07) is 21.3. The van der Waals surface area contributed by atoms with E-state index in [0.29, 0.717) is 17.9 Å². The van der Waals surface area contributed by atoms with Gasteiger partial charge < -0.3 is 15.0 Å². The van der Waals surface area contributed by atoms with E-state index in [4.69, 9.17) is 4.74 Å². The first kappa shape index (κ1) is 27.7. The second-order valence-electron chi connectivity index (χ2n) is 8.57. The molecule has 0 heterocycles. The summed E-state index contributed by atoms with van der Waals surface area (Å²) in [5, 5.41) is 2.62. The highest BCUT2D eigenvalue weighted by Gasteiger charge is 2.33. The van der Waals surface area contributed by atoms with Crippen molar-refractivity contribution in [2.75, 3.05) is 25.0 Å². The normalized spacial score (nSPS) is 11.9. The zero-order chi connectivity index (χ0) is 27.0. The van der Waals surface area contributed by atoms with Crippen LogP contribution < -0.4 is 14.4 Å². The van der Waals surface area contributed by atoms with Crippen LogP contribution in [-0.2, 0) is 26.2 Å². The number of amides is 2. The summed E-state index contributed by atoms with van der Waals surface area (Å²) in [5.41, 5.74) is 2.07. The van der Waals surface area contributed by atoms with Gasteiger partial charge >= 0.3 is 0 Å². The highest BCUT2D eigenvalue weighted by Crippen LogP contribution is 2.25. The number of carbonyl (C=O) groups excluding carboxylic acids is 2. The van der Waals surface area contributed by atoms with Crippen LogP contribution in [0.3, 0.4) is 0 Å². The number of aryl methyl sites for hydroxylation is 1. The molecular weight excluding hydrogens is 490 g/mol. The van der Waals surface area contributed by atoms with Crippen LogP contribution in [0.15, 0.2) is 83.8 Å². The SMILES string of the molecule is CC[C@H](C(=O)NC)N(Cc1cccc(OC)c1)C(=O)CN(c1ccc(C)cc1)S(=O)(=O)c1ccccc1. The molecule has 196 valence electrons. The van der Waals surface area contributed by atoms with Gasteiger partial charge in [-0.2, -0.15) is 0 Å². The molecule has 0 saturated carbocycles. The largest absolute Gasteiger partial charge is 0.497 e. The van der Waals surface area contributed by atoms with Gasteiger partial charge in [-0.1, -0.05) is 55.0 Å². The van der Waals surface area contributed by atoms with E-state index >= 15 is 0 Å². The average Bonchev–Trinajstić information content (AvgIpc) is 2.92. The van der Waals surface area contributed by atoms with Gasteiger partial charge in [0.15, 0.2) is 0 Å². The molecule has 0 spiro atoms. The standard InChI is InChI=1S/C28H33N3O5S/c1-5-26(28(33)29-3)30(19-22-10-9-11-24(18-22)36-4)27(32)20-31(23-16-14-21(2)15-17-23)37(34,35)25-12-7-6-8-13-25/h6-18,26H,5,19-20H2,1-4H3,(H,29,33)/t26-/m1/s1. The molecule has 2 amide bonds. The van der Waals surface area contributed by atoms with E-state index < -0.39 is 28.5 Å². The molecule has 0 aliphatic heterocycles. The van der Waals surface area contributed by atoms with Crippen molar-refractivity contribution in [2.24, 2.45) is 0 Å². The third-order valence-corrected chi connectivity index (χ3v) is 7.84. The van der Waals surface area contributed by atoms with Gasteiger partial charge in [0.2, 0.25) is 11.8 Å². The molecule has 0 aliphatic carbocycles. The molecule has 3 aromatic carbocycles. The molecule has 0 aliphatic rings. The Labute approximate surface area is 218 Å². The summed E-state index contributed by atoms with van der Waals surface area (Å²) in [5.74, 6) is -0.212. The maximum Gasteiger partial charge on any atom is 0.264 e. The van der Waals surface area contributed by atoms with Gasteiger partial charge in [0.25, 0.3) is 10.0 Å². The number of benzene rings is 3. The molecule has 37 heavy (non-hydrogen) atoms. The maximum absolute atomic E-state index is 13.9. The topological polar surface area (TPSA) is 96.0 Å². The van der Waals surface area contributed by atoms with Crippen LogP contribution in [0.2, 0.25) is 0 Å². The van der Waals surface area contributed by atoms with Crippen molar-refractivity contribution in [3.63, 3.8) is 0 Å². The van der Waals surface area contributed by atoms with E-state index in [1.807, 2.05) is 19.9 Å². The van der Waals surface area contributed by atoms with Crippen molar-refractivity contribution in [2.45, 2.75) is 37.8 Å². The van der Waals surface area contributed by atoms with Gasteiger partial charge in [-0.3, -0.25) is 13.9 Å². The third-order valence-electron chi connectivity index (χ3n) is 6.05. The highest BCUT2D eigenvalue weighted by atomic mass is 32.2. The number of nitrogens with zero attached hydrogens (tertiary/aromatic N) is 2. The van der Waals surface area contributed by atoms with Crippen LogP contribution in [0.4, 0.5) is 5.69 Å².